The van der Waals surface area contributed by atoms with Crippen molar-refractivity contribution in [1.82, 2.24) is 9.29 Å². The Kier molecular flexibility index (Phi) is 6.48. The van der Waals surface area contributed by atoms with Gasteiger partial charge in [0.15, 0.2) is 0 Å². The van der Waals surface area contributed by atoms with Crippen LogP contribution in [0.25, 0.3) is 10.9 Å². The summed E-state index contributed by atoms with van der Waals surface area (Å²) >= 11 is 1.80. The number of aryl methyl sites for hydroxylation is 1. The molecule has 0 saturated carbocycles. The molecule has 160 valence electrons. The van der Waals surface area contributed by atoms with E-state index >= 15 is 0 Å². The van der Waals surface area contributed by atoms with Gasteiger partial charge >= 0.3 is 6.18 Å². The normalized spacial score (nSPS) is 16.6. The number of hydrogen-bond acceptors (Lipinski definition) is 3. The molecule has 0 aliphatic carbocycles. The van der Waals surface area contributed by atoms with E-state index in [1.807, 2.05) is 0 Å². The maximum absolute atomic E-state index is 14.9. The molecular formula is C20H25F4N3OS. The highest BCUT2D eigenvalue weighted by Crippen LogP contribution is 2.39. The summed E-state index contributed by atoms with van der Waals surface area (Å²) in [6, 6.07) is 0.961. The van der Waals surface area contributed by atoms with Crippen molar-refractivity contribution < 1.29 is 22.4 Å². The predicted molar refractivity (Wildman–Crippen MR) is 107 cm³/mol. The lowest BCUT2D eigenvalue weighted by molar-refractivity contribution is -0.141. The fraction of sp³-hybridized carbons (Fsp3) is 0.550. The first-order valence-electron chi connectivity index (χ1n) is 9.72. The van der Waals surface area contributed by atoms with Crippen LogP contribution in [0.3, 0.4) is 0 Å². The van der Waals surface area contributed by atoms with Crippen LogP contribution in [0.2, 0.25) is 0 Å². The number of piperidine rings is 1. The first kappa shape index (κ1) is 22.0. The highest BCUT2D eigenvalue weighted by Gasteiger charge is 2.37. The molecule has 2 heterocycles. The molecule has 1 aromatic carbocycles. The highest BCUT2D eigenvalue weighted by molar-refractivity contribution is 7.97. The zero-order valence-corrected chi connectivity index (χ0v) is 17.3. The van der Waals surface area contributed by atoms with Gasteiger partial charge in [0.05, 0.1) is 11.1 Å². The third-order valence-electron chi connectivity index (χ3n) is 5.47. The number of carbonyl (C=O) groups is 1. The van der Waals surface area contributed by atoms with E-state index in [1.165, 1.54) is 6.92 Å². The Balaban J connectivity index is 1.96. The van der Waals surface area contributed by atoms with Gasteiger partial charge in [0, 0.05) is 24.2 Å². The van der Waals surface area contributed by atoms with Gasteiger partial charge in [0.1, 0.15) is 11.5 Å². The van der Waals surface area contributed by atoms with Gasteiger partial charge in [-0.05, 0) is 55.7 Å². The molecular weight excluding hydrogens is 406 g/mol. The third-order valence-corrected chi connectivity index (χ3v) is 6.79. The Morgan fingerprint density at radius 2 is 2.00 bits per heavy atom. The highest BCUT2D eigenvalue weighted by atomic mass is 32.2. The largest absolute Gasteiger partial charge is 0.431 e. The van der Waals surface area contributed by atoms with Crippen LogP contribution in [0, 0.1) is 18.7 Å². The number of carbonyl (C=O) groups excluding carboxylic acids is 1. The van der Waals surface area contributed by atoms with Crippen LogP contribution in [-0.2, 0) is 12.6 Å². The summed E-state index contributed by atoms with van der Waals surface area (Å²) in [5.41, 5.74) is 4.17. The van der Waals surface area contributed by atoms with E-state index in [9.17, 15) is 22.4 Å². The van der Waals surface area contributed by atoms with Crippen LogP contribution in [0.15, 0.2) is 6.07 Å². The molecule has 1 aromatic heterocycles. The fourth-order valence-corrected chi connectivity index (χ4v) is 4.92. The number of nitrogens with two attached hydrogens (primary N) is 1. The average Bonchev–Trinajstić information content (AvgIpc) is 3.00. The number of benzene rings is 1. The van der Waals surface area contributed by atoms with Crippen LogP contribution in [0.4, 0.5) is 17.6 Å². The molecule has 0 spiro atoms. The van der Waals surface area contributed by atoms with Crippen molar-refractivity contribution >= 4 is 28.8 Å². The number of fused-ring (bicyclic) bond motifs is 1. The van der Waals surface area contributed by atoms with Crippen molar-refractivity contribution in [2.45, 2.75) is 45.7 Å². The number of aromatic nitrogens is 1. The molecule has 9 heteroatoms. The standard InChI is InChI=1S/C20H25F4N3OS/c1-3-8-29-27-6-4-12(5-7-27)9-13-15(21)10-14(19(25)28)17-16(13)11(2)18(26-17)20(22,23)24/h10,12,26H,3-9H2,1-2H3,(H2,25,28). The summed E-state index contributed by atoms with van der Waals surface area (Å²) in [7, 11) is 0. The topological polar surface area (TPSA) is 62.1 Å². The Bertz CT molecular complexity index is 901. The number of nitrogens with one attached hydrogen (secondary N) is 1. The predicted octanol–water partition coefficient (Wildman–Crippen LogP) is 5.05. The van der Waals surface area contributed by atoms with Crippen molar-refractivity contribution in [3.63, 3.8) is 0 Å². The van der Waals surface area contributed by atoms with Gasteiger partial charge < -0.3 is 10.7 Å². The molecule has 1 saturated heterocycles. The molecule has 3 N–H and O–H groups in total. The Morgan fingerprint density at radius 3 is 2.55 bits per heavy atom. The fourth-order valence-electron chi connectivity index (χ4n) is 4.01. The van der Waals surface area contributed by atoms with Crippen LogP contribution in [0.1, 0.15) is 53.4 Å². The Labute approximate surface area is 171 Å². The van der Waals surface area contributed by atoms with E-state index in [0.717, 1.165) is 44.2 Å². The van der Waals surface area contributed by atoms with Crippen LogP contribution in [-0.4, -0.2) is 34.0 Å². The molecule has 0 radical (unpaired) electrons. The van der Waals surface area contributed by atoms with Crippen LogP contribution in [0.5, 0.6) is 0 Å². The quantitative estimate of drug-likeness (QED) is 0.497. The van der Waals surface area contributed by atoms with Gasteiger partial charge in [-0.25, -0.2) is 4.39 Å². The molecule has 1 fully saturated rings. The van der Waals surface area contributed by atoms with Crippen molar-refractivity contribution in [3.05, 3.63) is 34.3 Å². The molecule has 0 bridgehead atoms. The molecule has 2 aromatic rings. The minimum absolute atomic E-state index is 0.0327. The molecule has 0 unspecified atom stereocenters. The van der Waals surface area contributed by atoms with Gasteiger partial charge in [-0.15, -0.1) is 0 Å². The van der Waals surface area contributed by atoms with Crippen molar-refractivity contribution in [1.29, 1.82) is 0 Å². The number of H-pyrrole nitrogens is 1. The van der Waals surface area contributed by atoms with E-state index in [2.05, 4.69) is 16.2 Å². The van der Waals surface area contributed by atoms with Gasteiger partial charge in [-0.3, -0.25) is 9.10 Å². The molecule has 4 nitrogen and oxygen atoms in total. The lowest BCUT2D eigenvalue weighted by Crippen LogP contribution is -2.30. The Hall–Kier alpha value is -1.74. The first-order valence-corrected chi connectivity index (χ1v) is 10.7. The monoisotopic (exact) mass is 431 g/mol. The molecule has 1 aliphatic heterocycles. The number of alkyl halides is 3. The summed E-state index contributed by atoms with van der Waals surface area (Å²) in [6.07, 6.45) is -1.50. The molecule has 1 amide bonds. The summed E-state index contributed by atoms with van der Waals surface area (Å²) in [5, 5.41) is 0.133. The third kappa shape index (κ3) is 4.55. The van der Waals surface area contributed by atoms with Gasteiger partial charge in [-0.2, -0.15) is 13.2 Å². The van der Waals surface area contributed by atoms with Gasteiger partial charge in [0.2, 0.25) is 0 Å². The van der Waals surface area contributed by atoms with Crippen molar-refractivity contribution in [2.24, 2.45) is 11.7 Å². The van der Waals surface area contributed by atoms with Crippen molar-refractivity contribution in [2.75, 3.05) is 18.8 Å². The SMILES string of the molecule is CCCSN1CCC(Cc2c(F)cc(C(N)=O)c3[nH]c(C(F)(F)F)c(C)c23)CC1. The molecule has 29 heavy (non-hydrogen) atoms. The lowest BCUT2D eigenvalue weighted by atomic mass is 9.88. The summed E-state index contributed by atoms with van der Waals surface area (Å²) in [5.74, 6) is -0.409. The lowest BCUT2D eigenvalue weighted by Gasteiger charge is -2.31. The van der Waals surface area contributed by atoms with E-state index in [1.54, 1.807) is 11.9 Å². The first-order chi connectivity index (χ1) is 13.6. The Morgan fingerprint density at radius 1 is 1.34 bits per heavy atom. The number of halogens is 4. The van der Waals surface area contributed by atoms with E-state index < -0.39 is 23.6 Å². The van der Waals surface area contributed by atoms with Gasteiger partial charge in [0.25, 0.3) is 5.91 Å². The van der Waals surface area contributed by atoms with E-state index in [4.69, 9.17) is 5.73 Å². The number of amides is 1. The number of primary amides is 1. The summed E-state index contributed by atoms with van der Waals surface area (Å²) < 4.78 is 57.4. The number of rotatable bonds is 6. The second kappa shape index (κ2) is 8.55. The number of aromatic amines is 1. The second-order valence-corrected chi connectivity index (χ2v) is 8.71. The summed E-state index contributed by atoms with van der Waals surface area (Å²) in [6.45, 7) is 5.18. The number of nitrogens with zero attached hydrogens (tertiary/aromatic N) is 1. The second-order valence-electron chi connectivity index (χ2n) is 7.53. The zero-order valence-electron chi connectivity index (χ0n) is 16.5. The minimum Gasteiger partial charge on any atom is -0.366 e. The molecule has 3 rings (SSSR count). The van der Waals surface area contributed by atoms with E-state index in [-0.39, 0.29) is 33.5 Å². The molecule has 1 aliphatic rings. The maximum Gasteiger partial charge on any atom is 0.431 e. The van der Waals surface area contributed by atoms with Crippen LogP contribution < -0.4 is 5.73 Å². The van der Waals surface area contributed by atoms with E-state index in [0.29, 0.717) is 6.42 Å². The molecule has 0 atom stereocenters. The van der Waals surface area contributed by atoms with Crippen LogP contribution >= 0.6 is 11.9 Å². The number of hydrogen-bond donors (Lipinski definition) is 2. The summed E-state index contributed by atoms with van der Waals surface area (Å²) in [4.78, 5) is 14.0. The van der Waals surface area contributed by atoms with Gasteiger partial charge in [-0.1, -0.05) is 18.9 Å². The smallest absolute Gasteiger partial charge is 0.366 e. The van der Waals surface area contributed by atoms with Crippen molar-refractivity contribution in [3.8, 4) is 0 Å². The maximum atomic E-state index is 14.9. The average molecular weight is 431 g/mol. The zero-order chi connectivity index (χ0) is 21.3. The minimum atomic E-state index is -4.63.